The lowest BCUT2D eigenvalue weighted by atomic mass is 10.1. The van der Waals surface area contributed by atoms with Gasteiger partial charge in [-0.2, -0.15) is 0 Å². The van der Waals surface area contributed by atoms with Gasteiger partial charge in [0.2, 0.25) is 0 Å². The van der Waals surface area contributed by atoms with E-state index in [0.29, 0.717) is 0 Å². The Morgan fingerprint density at radius 3 is 1.78 bits per heavy atom. The molecule has 4 aromatic carbocycles. The minimum Gasteiger partial charge on any atom is -0.340 e. The van der Waals surface area contributed by atoms with Crippen molar-refractivity contribution < 1.29 is 4.39 Å². The van der Waals surface area contributed by atoms with Crippen LogP contribution in [0.3, 0.4) is 0 Å². The summed E-state index contributed by atoms with van der Waals surface area (Å²) in [6.45, 7) is 4.76. The molecular weight excluding hydrogens is 540 g/mol. The lowest BCUT2D eigenvalue weighted by Crippen LogP contribution is -2.58. The zero-order valence-electron chi connectivity index (χ0n) is 23.5. The molecule has 206 valence electrons. The average molecular weight is 575 g/mol. The van der Waals surface area contributed by atoms with Crippen LogP contribution in [0.15, 0.2) is 147 Å². The summed E-state index contributed by atoms with van der Waals surface area (Å²) >= 11 is 0. The van der Waals surface area contributed by atoms with Crippen LogP contribution in [-0.2, 0) is 12.3 Å². The fourth-order valence-electron chi connectivity index (χ4n) is 5.34. The van der Waals surface area contributed by atoms with E-state index in [1.807, 2.05) is 49.4 Å². The zero-order valence-corrected chi connectivity index (χ0v) is 25.7. The molecule has 0 saturated carbocycles. The van der Waals surface area contributed by atoms with Crippen LogP contribution in [0.2, 0.25) is 13.1 Å². The Morgan fingerprint density at radius 1 is 0.683 bits per heavy atom. The van der Waals surface area contributed by atoms with E-state index in [0.717, 1.165) is 17.9 Å². The number of nitrogens with zero attached hydrogens (tertiary/aromatic N) is 4. The second kappa shape index (κ2) is 13.3. The SMILES string of the molecule is C[SiH](Cn1ccnc1)c1ccccc1-c1ccc(F)cc1.C[Si](Cn1ccnc1)(c1ccccc1)c1ccccc1. The molecule has 0 aliphatic rings. The van der Waals surface area contributed by atoms with Crippen LogP contribution < -0.4 is 15.6 Å². The molecule has 0 saturated heterocycles. The molecule has 0 bridgehead atoms. The summed E-state index contributed by atoms with van der Waals surface area (Å²) < 4.78 is 17.4. The highest BCUT2D eigenvalue weighted by Gasteiger charge is 2.32. The molecule has 0 amide bonds. The highest BCUT2D eigenvalue weighted by molar-refractivity contribution is 7.00. The maximum Gasteiger partial charge on any atom is 0.135 e. The van der Waals surface area contributed by atoms with Crippen LogP contribution in [0.25, 0.3) is 11.1 Å². The highest BCUT2D eigenvalue weighted by Crippen LogP contribution is 2.18. The molecule has 41 heavy (non-hydrogen) atoms. The van der Waals surface area contributed by atoms with Crippen molar-refractivity contribution >= 4 is 32.4 Å². The maximum absolute atomic E-state index is 13.1. The molecule has 0 radical (unpaired) electrons. The molecule has 1 atom stereocenters. The van der Waals surface area contributed by atoms with Crippen molar-refractivity contribution in [2.24, 2.45) is 0 Å². The summed E-state index contributed by atoms with van der Waals surface area (Å²) in [5.41, 5.74) is 2.30. The van der Waals surface area contributed by atoms with Crippen molar-refractivity contribution in [2.75, 3.05) is 0 Å². The molecule has 1 unspecified atom stereocenters. The van der Waals surface area contributed by atoms with Crippen molar-refractivity contribution in [2.45, 2.75) is 25.4 Å². The molecule has 6 aromatic rings. The first kappa shape index (κ1) is 28.2. The van der Waals surface area contributed by atoms with Gasteiger partial charge in [0.15, 0.2) is 0 Å². The van der Waals surface area contributed by atoms with Gasteiger partial charge in [0.25, 0.3) is 0 Å². The standard InChI is InChI=1S/C17H17FN2Si.C17H18N2Si/c1-21(13-20-11-10-19-12-20)17-5-3-2-4-16(17)14-6-8-15(18)9-7-14;1-20(15-19-13-12-18-14-19,16-8-4-2-5-9-16)17-10-6-3-7-11-17/h2-12,21H,13H2,1H3;2-14H,15H2,1H3. The van der Waals surface area contributed by atoms with Gasteiger partial charge in [-0.05, 0) is 23.3 Å². The van der Waals surface area contributed by atoms with Crippen LogP contribution in [0.4, 0.5) is 4.39 Å². The molecule has 2 heterocycles. The molecule has 0 aliphatic carbocycles. The Bertz CT molecular complexity index is 1570. The third-order valence-electron chi connectivity index (χ3n) is 7.57. The molecule has 0 spiro atoms. The quantitative estimate of drug-likeness (QED) is 0.231. The molecule has 7 heteroatoms. The average Bonchev–Trinajstić information content (AvgIpc) is 3.73. The molecule has 0 fully saturated rings. The van der Waals surface area contributed by atoms with E-state index in [1.54, 1.807) is 0 Å². The number of rotatable bonds is 8. The summed E-state index contributed by atoms with van der Waals surface area (Å²) in [4.78, 5) is 8.28. The second-order valence-electron chi connectivity index (χ2n) is 10.6. The first-order valence-corrected chi connectivity index (χ1v) is 19.2. The Labute approximate surface area is 244 Å². The number of hydrogen-bond acceptors (Lipinski definition) is 2. The largest absolute Gasteiger partial charge is 0.340 e. The van der Waals surface area contributed by atoms with Crippen LogP contribution in [-0.4, -0.2) is 36.0 Å². The van der Waals surface area contributed by atoms with E-state index in [-0.39, 0.29) is 5.82 Å². The van der Waals surface area contributed by atoms with Crippen molar-refractivity contribution in [1.82, 2.24) is 19.1 Å². The number of benzene rings is 4. The van der Waals surface area contributed by atoms with E-state index in [9.17, 15) is 4.39 Å². The maximum atomic E-state index is 13.1. The number of hydrogen-bond donors (Lipinski definition) is 0. The zero-order chi connectivity index (χ0) is 28.5. The number of halogens is 1. The van der Waals surface area contributed by atoms with Crippen LogP contribution in [0.1, 0.15) is 0 Å². The van der Waals surface area contributed by atoms with Gasteiger partial charge >= 0.3 is 0 Å². The van der Waals surface area contributed by atoms with Crippen LogP contribution in [0, 0.1) is 5.82 Å². The minimum atomic E-state index is -1.78. The van der Waals surface area contributed by atoms with E-state index < -0.39 is 16.9 Å². The van der Waals surface area contributed by atoms with E-state index in [2.05, 4.69) is 117 Å². The normalized spacial score (nSPS) is 11.9. The van der Waals surface area contributed by atoms with Gasteiger partial charge in [0.1, 0.15) is 13.9 Å². The lowest BCUT2D eigenvalue weighted by Gasteiger charge is -2.29. The predicted molar refractivity (Wildman–Crippen MR) is 173 cm³/mol. The van der Waals surface area contributed by atoms with Crippen molar-refractivity contribution in [3.63, 3.8) is 0 Å². The summed E-state index contributed by atoms with van der Waals surface area (Å²) in [7, 11) is -2.93. The Kier molecular flexibility index (Phi) is 9.18. The van der Waals surface area contributed by atoms with Gasteiger partial charge in [0, 0.05) is 37.1 Å². The highest BCUT2D eigenvalue weighted by atomic mass is 28.3. The van der Waals surface area contributed by atoms with E-state index in [1.165, 1.54) is 33.3 Å². The summed E-state index contributed by atoms with van der Waals surface area (Å²) in [5, 5.41) is 4.32. The first-order chi connectivity index (χ1) is 20.0. The summed E-state index contributed by atoms with van der Waals surface area (Å²) in [6.07, 6.45) is 13.5. The van der Waals surface area contributed by atoms with Crippen molar-refractivity contribution in [3.8, 4) is 11.1 Å². The fraction of sp³-hybridized carbons (Fsp3) is 0.118. The Hall–Kier alpha value is -4.34. The third-order valence-corrected chi connectivity index (χ3v) is 14.3. The summed E-state index contributed by atoms with van der Waals surface area (Å²) in [5.74, 6) is -0.195. The topological polar surface area (TPSA) is 35.6 Å². The van der Waals surface area contributed by atoms with Gasteiger partial charge in [-0.3, -0.25) is 0 Å². The van der Waals surface area contributed by atoms with Gasteiger partial charge in [-0.25, -0.2) is 14.4 Å². The predicted octanol–water partition coefficient (Wildman–Crippen LogP) is 5.31. The van der Waals surface area contributed by atoms with Gasteiger partial charge in [-0.15, -0.1) is 0 Å². The molecule has 6 rings (SSSR count). The molecular formula is C34H35FN4Si2. The first-order valence-electron chi connectivity index (χ1n) is 13.9. The Balaban J connectivity index is 0.000000165. The third kappa shape index (κ3) is 7.06. The van der Waals surface area contributed by atoms with Gasteiger partial charge in [0.05, 0.1) is 21.5 Å². The van der Waals surface area contributed by atoms with Gasteiger partial charge < -0.3 is 9.13 Å². The molecule has 0 N–H and O–H groups in total. The van der Waals surface area contributed by atoms with E-state index in [4.69, 9.17) is 0 Å². The number of aromatic nitrogens is 4. The molecule has 0 aliphatic heterocycles. The van der Waals surface area contributed by atoms with Crippen LogP contribution in [0.5, 0.6) is 0 Å². The second-order valence-corrected chi connectivity index (χ2v) is 17.5. The molecule has 4 nitrogen and oxygen atoms in total. The minimum absolute atomic E-state index is 0.195. The molecule has 2 aromatic heterocycles. The summed E-state index contributed by atoms with van der Waals surface area (Å²) in [6, 6.07) is 37.0. The van der Waals surface area contributed by atoms with E-state index >= 15 is 0 Å². The lowest BCUT2D eigenvalue weighted by molar-refractivity contribution is 0.628. The van der Waals surface area contributed by atoms with Crippen molar-refractivity contribution in [3.05, 3.63) is 152 Å². The Morgan fingerprint density at radius 2 is 1.22 bits per heavy atom. The van der Waals surface area contributed by atoms with Crippen molar-refractivity contribution in [1.29, 1.82) is 0 Å². The van der Waals surface area contributed by atoms with Gasteiger partial charge in [-0.1, -0.05) is 126 Å². The fourth-order valence-corrected chi connectivity index (χ4v) is 11.1. The van der Waals surface area contributed by atoms with Crippen LogP contribution >= 0.6 is 0 Å². The monoisotopic (exact) mass is 574 g/mol. The number of imidazole rings is 2. The smallest absolute Gasteiger partial charge is 0.135 e.